The summed E-state index contributed by atoms with van der Waals surface area (Å²) in [4.78, 5) is 9.92. The van der Waals surface area contributed by atoms with Crippen molar-refractivity contribution < 1.29 is 14.9 Å². The zero-order valence-corrected chi connectivity index (χ0v) is 19.0. The number of hydrogen-bond acceptors (Lipinski definition) is 10. The monoisotopic (exact) mass is 444 g/mol. The van der Waals surface area contributed by atoms with Gasteiger partial charge < -0.3 is 19.8 Å². The van der Waals surface area contributed by atoms with Crippen LogP contribution in [-0.4, -0.2) is 81.7 Å². The predicted octanol–water partition coefficient (Wildman–Crippen LogP) is 2.82. The van der Waals surface area contributed by atoms with Crippen LogP contribution < -0.4 is 0 Å². The van der Waals surface area contributed by atoms with Gasteiger partial charge in [-0.2, -0.15) is 25.6 Å². The molecule has 2 heterocycles. The molecule has 0 radical (unpaired) electrons. The van der Waals surface area contributed by atoms with Gasteiger partial charge in [0.15, 0.2) is 0 Å². The molecule has 1 fully saturated rings. The highest BCUT2D eigenvalue weighted by Crippen LogP contribution is 2.25. The fourth-order valence-corrected chi connectivity index (χ4v) is 3.07. The Morgan fingerprint density at radius 2 is 2.09 bits per heavy atom. The van der Waals surface area contributed by atoms with E-state index in [0.717, 1.165) is 11.2 Å². The van der Waals surface area contributed by atoms with Crippen LogP contribution in [0.4, 0.5) is 5.69 Å². The van der Waals surface area contributed by atoms with Crippen molar-refractivity contribution in [2.45, 2.75) is 52.0 Å². The van der Waals surface area contributed by atoms with Crippen LogP contribution in [0.1, 0.15) is 33.6 Å². The van der Waals surface area contributed by atoms with E-state index < -0.39 is 18.4 Å². The third kappa shape index (κ3) is 6.74. The summed E-state index contributed by atoms with van der Waals surface area (Å²) in [5.41, 5.74) is 3.59. The highest BCUT2D eigenvalue weighted by atomic mass is 16.5. The topological polar surface area (TPSA) is 144 Å². The van der Waals surface area contributed by atoms with Crippen LogP contribution in [0.3, 0.4) is 0 Å². The smallest absolute Gasteiger partial charge is 0.134 e. The number of azo groups is 1. The van der Waals surface area contributed by atoms with Crippen molar-refractivity contribution in [3.05, 3.63) is 30.1 Å². The van der Waals surface area contributed by atoms with Crippen LogP contribution in [0.25, 0.3) is 11.0 Å². The average molecular weight is 445 g/mol. The number of allylic oxidation sites excluding steroid dienone is 1. The summed E-state index contributed by atoms with van der Waals surface area (Å²) in [7, 11) is 1.72. The van der Waals surface area contributed by atoms with Crippen molar-refractivity contribution in [1.29, 1.82) is 0 Å². The Hall–Kier alpha value is -3.02. The van der Waals surface area contributed by atoms with Gasteiger partial charge in [-0.1, -0.05) is 13.8 Å². The Morgan fingerprint density at radius 1 is 1.34 bits per heavy atom. The van der Waals surface area contributed by atoms with Gasteiger partial charge in [0.25, 0.3) is 0 Å². The summed E-state index contributed by atoms with van der Waals surface area (Å²) in [6.07, 6.45) is 0.744. The number of aromatic amines is 1. The summed E-state index contributed by atoms with van der Waals surface area (Å²) in [6, 6.07) is 5.40. The zero-order chi connectivity index (χ0) is 23.5. The van der Waals surface area contributed by atoms with E-state index in [4.69, 9.17) is 4.74 Å². The highest BCUT2D eigenvalue weighted by molar-refractivity contribution is 5.83. The number of aliphatic imine (C=N–C) groups is 2. The molecule has 3 atom stereocenters. The fraction of sp³-hybridized carbons (Fsp3) is 0.524. The second-order valence-corrected chi connectivity index (χ2v) is 6.95. The van der Waals surface area contributed by atoms with Gasteiger partial charge in [0.2, 0.25) is 0 Å². The molecule has 0 amide bonds. The Morgan fingerprint density at radius 3 is 2.75 bits per heavy atom. The van der Waals surface area contributed by atoms with Gasteiger partial charge in [0, 0.05) is 31.8 Å². The SMILES string of the molecule is C=NCN(/C=C(\CC(C)=NC)N=Nc1ccc2n[nH]nc2c1)[C@H]1C[C@@H](O)C(CO)O1.CC. The molecule has 1 saturated heterocycles. The molecule has 2 aromatic rings. The van der Waals surface area contributed by atoms with Crippen LogP contribution in [-0.2, 0) is 4.74 Å². The molecule has 1 unspecified atom stereocenters. The number of hydrogen-bond donors (Lipinski definition) is 3. The molecule has 0 spiro atoms. The molecule has 0 saturated carbocycles. The number of aliphatic hydroxyl groups is 2. The molecule has 11 heteroatoms. The van der Waals surface area contributed by atoms with Crippen LogP contribution in [0.5, 0.6) is 0 Å². The third-order valence-electron chi connectivity index (χ3n) is 4.74. The van der Waals surface area contributed by atoms with Crippen molar-refractivity contribution in [3.8, 4) is 0 Å². The first-order valence-electron chi connectivity index (χ1n) is 10.5. The number of aliphatic hydroxyl groups excluding tert-OH is 2. The summed E-state index contributed by atoms with van der Waals surface area (Å²) < 4.78 is 5.74. The lowest BCUT2D eigenvalue weighted by Crippen LogP contribution is -2.32. The standard InChI is InChI=1S/C19H26N8O3.C2H6/c1-12(21-3)6-14(23-22-13-4-5-15-16(7-13)25-26-24-15)9-27(11-20-2)19-8-17(29)18(10-28)30-19;1-2/h4-5,7,9,17-19,28-29H,2,6,8,10-11H2,1,3H3,(H,24,25,26);1-2H3/b14-9+,21-12?,23-22?;/t17-,18?,19-;/m1./s1. The number of ether oxygens (including phenoxy) is 1. The van der Waals surface area contributed by atoms with Crippen molar-refractivity contribution in [2.75, 3.05) is 20.3 Å². The lowest BCUT2D eigenvalue weighted by Gasteiger charge is -2.25. The molecule has 11 nitrogen and oxygen atoms in total. The first-order chi connectivity index (χ1) is 15.5. The van der Waals surface area contributed by atoms with Crippen LogP contribution in [0.2, 0.25) is 0 Å². The van der Waals surface area contributed by atoms with E-state index in [0.29, 0.717) is 29.7 Å². The van der Waals surface area contributed by atoms with E-state index in [1.54, 1.807) is 30.3 Å². The number of aromatic nitrogens is 3. The Labute approximate surface area is 187 Å². The minimum Gasteiger partial charge on any atom is -0.394 e. The first-order valence-corrected chi connectivity index (χ1v) is 10.5. The number of nitrogens with one attached hydrogen (secondary N) is 1. The van der Waals surface area contributed by atoms with Crippen molar-refractivity contribution in [2.24, 2.45) is 20.2 Å². The quantitative estimate of drug-likeness (QED) is 0.401. The van der Waals surface area contributed by atoms with Crippen molar-refractivity contribution >= 4 is 29.1 Å². The fourth-order valence-electron chi connectivity index (χ4n) is 3.07. The summed E-state index contributed by atoms with van der Waals surface area (Å²) >= 11 is 0. The Bertz CT molecular complexity index is 955. The molecule has 1 aliphatic heterocycles. The molecule has 0 aliphatic carbocycles. The minimum absolute atomic E-state index is 0.238. The molecule has 1 aliphatic rings. The van der Waals surface area contributed by atoms with Gasteiger partial charge in [-0.25, -0.2) is 0 Å². The normalized spacial score (nSPS) is 21.6. The van der Waals surface area contributed by atoms with E-state index in [1.165, 1.54) is 0 Å². The number of benzene rings is 1. The van der Waals surface area contributed by atoms with Crippen LogP contribution in [0.15, 0.2) is 50.3 Å². The zero-order valence-electron chi connectivity index (χ0n) is 19.0. The van der Waals surface area contributed by atoms with Crippen molar-refractivity contribution in [1.82, 2.24) is 20.3 Å². The Balaban J connectivity index is 0.00000176. The van der Waals surface area contributed by atoms with Gasteiger partial charge in [-0.15, -0.1) is 0 Å². The number of fused-ring (bicyclic) bond motifs is 1. The average Bonchev–Trinajstić information content (AvgIpc) is 3.43. The molecule has 3 rings (SSSR count). The molecule has 174 valence electrons. The third-order valence-corrected chi connectivity index (χ3v) is 4.74. The van der Waals surface area contributed by atoms with E-state index in [1.807, 2.05) is 26.8 Å². The summed E-state index contributed by atoms with van der Waals surface area (Å²) in [6.45, 7) is 9.43. The maximum atomic E-state index is 10.1. The van der Waals surface area contributed by atoms with E-state index >= 15 is 0 Å². The number of H-pyrrole nitrogens is 1. The predicted molar refractivity (Wildman–Crippen MR) is 124 cm³/mol. The molecule has 3 N–H and O–H groups in total. The molecule has 32 heavy (non-hydrogen) atoms. The highest BCUT2D eigenvalue weighted by Gasteiger charge is 2.36. The summed E-state index contributed by atoms with van der Waals surface area (Å²) in [5.74, 6) is 0. The van der Waals surface area contributed by atoms with Crippen molar-refractivity contribution in [3.63, 3.8) is 0 Å². The second-order valence-electron chi connectivity index (χ2n) is 6.95. The summed E-state index contributed by atoms with van der Waals surface area (Å²) in [5, 5.41) is 38.8. The van der Waals surface area contributed by atoms with Gasteiger partial charge in [-0.3, -0.25) is 9.98 Å². The minimum atomic E-state index is -0.751. The lowest BCUT2D eigenvalue weighted by molar-refractivity contribution is -0.0636. The van der Waals surface area contributed by atoms with E-state index in [-0.39, 0.29) is 13.3 Å². The first kappa shape index (κ1) is 25.2. The number of nitrogens with zero attached hydrogens (tertiary/aromatic N) is 7. The van der Waals surface area contributed by atoms with Gasteiger partial charge in [0.1, 0.15) is 30.0 Å². The molecule has 1 aromatic heterocycles. The molecular formula is C21H32N8O3. The van der Waals surface area contributed by atoms with E-state index in [2.05, 4.69) is 42.3 Å². The van der Waals surface area contributed by atoms with Gasteiger partial charge in [0.05, 0.1) is 24.1 Å². The number of rotatable bonds is 9. The second kappa shape index (κ2) is 12.7. The largest absolute Gasteiger partial charge is 0.394 e. The maximum Gasteiger partial charge on any atom is 0.134 e. The van der Waals surface area contributed by atoms with Crippen LogP contribution >= 0.6 is 0 Å². The lowest BCUT2D eigenvalue weighted by atomic mass is 10.2. The maximum absolute atomic E-state index is 10.1. The molecule has 0 bridgehead atoms. The Kier molecular flexibility index (Phi) is 10.1. The van der Waals surface area contributed by atoms with E-state index in [9.17, 15) is 10.2 Å². The van der Waals surface area contributed by atoms with Crippen LogP contribution in [0, 0.1) is 0 Å². The molecule has 1 aromatic carbocycles. The van der Waals surface area contributed by atoms with Gasteiger partial charge >= 0.3 is 0 Å². The molecular weight excluding hydrogens is 412 g/mol. The van der Waals surface area contributed by atoms with Gasteiger partial charge in [-0.05, 0) is 31.8 Å².